The van der Waals surface area contributed by atoms with E-state index in [-0.39, 0.29) is 17.2 Å². The first kappa shape index (κ1) is 13.1. The lowest BCUT2D eigenvalue weighted by molar-refractivity contribution is -0.385. The van der Waals surface area contributed by atoms with Crippen molar-refractivity contribution < 1.29 is 19.2 Å². The van der Waals surface area contributed by atoms with Gasteiger partial charge in [-0.05, 0) is 13.0 Å². The molecular formula is C10H8ClNO5. The third-order valence-corrected chi connectivity index (χ3v) is 2.36. The zero-order valence-corrected chi connectivity index (χ0v) is 9.56. The highest BCUT2D eigenvalue weighted by molar-refractivity contribution is 6.36. The first-order chi connectivity index (χ1) is 8.02. The van der Waals surface area contributed by atoms with Gasteiger partial charge in [-0.3, -0.25) is 14.9 Å². The monoisotopic (exact) mass is 257 g/mol. The summed E-state index contributed by atoms with van der Waals surface area (Å²) in [6.07, 6.45) is 0.411. The normalized spacial score (nSPS) is 9.76. The maximum Gasteiger partial charge on any atom is 0.346 e. The second kappa shape index (κ2) is 5.40. The number of nitrogens with zero attached hydrogens (tertiary/aromatic N) is 1. The number of ether oxygens (including phenoxy) is 1. The predicted octanol–water partition coefficient (Wildman–Crippen LogP) is 2.24. The number of rotatable bonds is 4. The molecule has 0 saturated heterocycles. The van der Waals surface area contributed by atoms with Crippen LogP contribution in [0.4, 0.5) is 5.69 Å². The Morgan fingerprint density at radius 2 is 2.24 bits per heavy atom. The van der Waals surface area contributed by atoms with E-state index in [1.54, 1.807) is 6.92 Å². The zero-order valence-electron chi connectivity index (χ0n) is 8.81. The minimum Gasteiger partial charge on any atom is -0.462 e. The molecule has 0 atom stereocenters. The molecule has 90 valence electrons. The number of hydrogen-bond acceptors (Lipinski definition) is 5. The van der Waals surface area contributed by atoms with Crippen LogP contribution in [0.3, 0.4) is 0 Å². The van der Waals surface area contributed by atoms with Crippen LogP contribution in [0.25, 0.3) is 0 Å². The lowest BCUT2D eigenvalue weighted by atomic mass is 10.1. The van der Waals surface area contributed by atoms with E-state index in [9.17, 15) is 19.7 Å². The van der Waals surface area contributed by atoms with Crippen molar-refractivity contribution in [2.75, 3.05) is 6.61 Å². The first-order valence-electron chi connectivity index (χ1n) is 4.62. The summed E-state index contributed by atoms with van der Waals surface area (Å²) in [6, 6.07) is 2.22. The lowest BCUT2D eigenvalue weighted by Crippen LogP contribution is -2.10. The molecule has 6 nitrogen and oxygen atoms in total. The van der Waals surface area contributed by atoms with E-state index in [1.165, 1.54) is 6.07 Å². The van der Waals surface area contributed by atoms with Crippen molar-refractivity contribution in [2.45, 2.75) is 6.92 Å². The van der Waals surface area contributed by atoms with E-state index >= 15 is 0 Å². The van der Waals surface area contributed by atoms with Crippen LogP contribution < -0.4 is 0 Å². The molecule has 0 saturated carbocycles. The molecule has 17 heavy (non-hydrogen) atoms. The number of aldehydes is 1. The maximum atomic E-state index is 11.5. The highest BCUT2D eigenvalue weighted by atomic mass is 35.5. The van der Waals surface area contributed by atoms with E-state index in [0.29, 0.717) is 6.29 Å². The van der Waals surface area contributed by atoms with E-state index in [0.717, 1.165) is 6.07 Å². The number of halogens is 1. The first-order valence-corrected chi connectivity index (χ1v) is 4.99. The fourth-order valence-electron chi connectivity index (χ4n) is 1.22. The number of carbonyl (C=O) groups excluding carboxylic acids is 2. The van der Waals surface area contributed by atoms with Crippen LogP contribution in [0, 0.1) is 10.1 Å². The third kappa shape index (κ3) is 2.59. The highest BCUT2D eigenvalue weighted by Crippen LogP contribution is 2.29. The fraction of sp³-hybridized carbons (Fsp3) is 0.200. The summed E-state index contributed by atoms with van der Waals surface area (Å²) in [5.74, 6) is -0.923. The van der Waals surface area contributed by atoms with Crippen molar-refractivity contribution in [1.29, 1.82) is 0 Å². The van der Waals surface area contributed by atoms with Gasteiger partial charge in [-0.15, -0.1) is 0 Å². The average molecular weight is 258 g/mol. The fourth-order valence-corrected chi connectivity index (χ4v) is 1.50. The predicted molar refractivity (Wildman–Crippen MR) is 59.5 cm³/mol. The van der Waals surface area contributed by atoms with E-state index in [2.05, 4.69) is 4.74 Å². The van der Waals surface area contributed by atoms with Crippen LogP contribution in [0.1, 0.15) is 27.6 Å². The molecule has 1 aromatic rings. The summed E-state index contributed by atoms with van der Waals surface area (Å²) in [6.45, 7) is 1.61. The molecule has 1 rings (SSSR count). The summed E-state index contributed by atoms with van der Waals surface area (Å²) in [5, 5.41) is 10.5. The van der Waals surface area contributed by atoms with Gasteiger partial charge in [-0.2, -0.15) is 0 Å². The second-order valence-corrected chi connectivity index (χ2v) is 3.34. The van der Waals surface area contributed by atoms with Crippen LogP contribution in [-0.4, -0.2) is 23.8 Å². The van der Waals surface area contributed by atoms with Crippen molar-refractivity contribution >= 4 is 29.5 Å². The molecule has 1 aromatic carbocycles. The number of esters is 1. The summed E-state index contributed by atoms with van der Waals surface area (Å²) in [4.78, 5) is 32.1. The van der Waals surface area contributed by atoms with E-state index in [1.807, 2.05) is 0 Å². The summed E-state index contributed by atoms with van der Waals surface area (Å²) in [5.41, 5.74) is -0.887. The van der Waals surface area contributed by atoms with Crippen molar-refractivity contribution in [1.82, 2.24) is 0 Å². The molecule has 0 fully saturated rings. The minimum atomic E-state index is -0.923. The van der Waals surface area contributed by atoms with Crippen molar-refractivity contribution in [2.24, 2.45) is 0 Å². The molecule has 0 radical (unpaired) electrons. The van der Waals surface area contributed by atoms with Gasteiger partial charge in [0.1, 0.15) is 0 Å². The molecule has 0 aliphatic heterocycles. The Morgan fingerprint density at radius 1 is 1.59 bits per heavy atom. The van der Waals surface area contributed by atoms with Gasteiger partial charge in [0.05, 0.1) is 16.6 Å². The SMILES string of the molecule is CCOC(=O)c1c([N+](=O)[O-])ccc(C=O)c1Cl. The zero-order chi connectivity index (χ0) is 13.0. The molecule has 0 aliphatic carbocycles. The van der Waals surface area contributed by atoms with Crippen molar-refractivity contribution in [3.63, 3.8) is 0 Å². The maximum absolute atomic E-state index is 11.5. The molecule has 0 aromatic heterocycles. The largest absolute Gasteiger partial charge is 0.462 e. The lowest BCUT2D eigenvalue weighted by Gasteiger charge is -2.06. The van der Waals surface area contributed by atoms with Gasteiger partial charge >= 0.3 is 5.97 Å². The van der Waals surface area contributed by atoms with Gasteiger partial charge in [0, 0.05) is 11.6 Å². The van der Waals surface area contributed by atoms with Gasteiger partial charge < -0.3 is 4.74 Å². The van der Waals surface area contributed by atoms with Crippen molar-refractivity contribution in [3.8, 4) is 0 Å². The summed E-state index contributed by atoms with van der Waals surface area (Å²) < 4.78 is 4.66. The van der Waals surface area contributed by atoms with Crippen LogP contribution >= 0.6 is 11.6 Å². The Labute approximate surface area is 101 Å². The number of benzene rings is 1. The molecule has 0 amide bonds. The second-order valence-electron chi connectivity index (χ2n) is 2.96. The molecule has 0 heterocycles. The Kier molecular flexibility index (Phi) is 4.17. The smallest absolute Gasteiger partial charge is 0.346 e. The molecule has 0 spiro atoms. The van der Waals surface area contributed by atoms with Gasteiger partial charge in [-0.25, -0.2) is 4.79 Å². The molecule has 0 unspecified atom stereocenters. The topological polar surface area (TPSA) is 86.5 Å². The van der Waals surface area contributed by atoms with Crippen LogP contribution in [0.2, 0.25) is 5.02 Å². The summed E-state index contributed by atoms with van der Waals surface area (Å²) >= 11 is 5.75. The third-order valence-electron chi connectivity index (χ3n) is 1.95. The molecule has 0 bridgehead atoms. The summed E-state index contributed by atoms with van der Waals surface area (Å²) in [7, 11) is 0. The highest BCUT2D eigenvalue weighted by Gasteiger charge is 2.26. The Balaban J connectivity index is 3.44. The van der Waals surface area contributed by atoms with E-state index < -0.39 is 22.1 Å². The average Bonchev–Trinajstić information content (AvgIpc) is 2.28. The van der Waals surface area contributed by atoms with Gasteiger partial charge in [0.15, 0.2) is 11.8 Å². The number of nitro benzene ring substituents is 1. The van der Waals surface area contributed by atoms with E-state index in [4.69, 9.17) is 11.6 Å². The standard InChI is InChI=1S/C10H8ClNO5/c1-2-17-10(14)8-7(12(15)16)4-3-6(5-13)9(8)11/h3-5H,2H2,1H3. The number of nitro groups is 1. The Morgan fingerprint density at radius 3 is 2.71 bits per heavy atom. The quantitative estimate of drug-likeness (QED) is 0.357. The molecular weight excluding hydrogens is 250 g/mol. The van der Waals surface area contributed by atoms with Gasteiger partial charge in [0.2, 0.25) is 0 Å². The molecule has 0 aliphatic rings. The molecule has 7 heteroatoms. The number of carbonyl (C=O) groups is 2. The van der Waals surface area contributed by atoms with Crippen molar-refractivity contribution in [3.05, 3.63) is 38.4 Å². The van der Waals surface area contributed by atoms with Gasteiger partial charge in [-0.1, -0.05) is 11.6 Å². The molecule has 0 N–H and O–H groups in total. The number of hydrogen-bond donors (Lipinski definition) is 0. The van der Waals surface area contributed by atoms with Crippen LogP contribution in [0.15, 0.2) is 12.1 Å². The Hall–Kier alpha value is -1.95. The minimum absolute atomic E-state index is 0.000296. The van der Waals surface area contributed by atoms with Crippen LogP contribution in [0.5, 0.6) is 0 Å². The van der Waals surface area contributed by atoms with Gasteiger partial charge in [0.25, 0.3) is 5.69 Å². The van der Waals surface area contributed by atoms with Crippen LogP contribution in [-0.2, 0) is 4.74 Å². The Bertz CT molecular complexity index is 486.